The van der Waals surface area contributed by atoms with E-state index in [0.29, 0.717) is 18.1 Å². The van der Waals surface area contributed by atoms with E-state index in [1.54, 1.807) is 23.0 Å². The zero-order valence-electron chi connectivity index (χ0n) is 16.0. The van der Waals surface area contributed by atoms with Crippen LogP contribution in [0.5, 0.6) is 0 Å². The fourth-order valence-corrected chi connectivity index (χ4v) is 2.41. The zero-order valence-corrected chi connectivity index (χ0v) is 16.0. The van der Waals surface area contributed by atoms with Crippen LogP contribution in [0, 0.1) is 0 Å². The lowest BCUT2D eigenvalue weighted by atomic mass is 10.1. The number of carbonyl (C=O) groups excluding carboxylic acids is 3. The number of esters is 1. The van der Waals surface area contributed by atoms with Crippen molar-refractivity contribution in [3.05, 3.63) is 41.9 Å². The van der Waals surface area contributed by atoms with Gasteiger partial charge in [0.25, 0.3) is 5.91 Å². The van der Waals surface area contributed by atoms with Gasteiger partial charge in [-0.3, -0.25) is 10.1 Å². The molecule has 0 atom stereocenters. The van der Waals surface area contributed by atoms with E-state index in [1.165, 1.54) is 13.3 Å². The van der Waals surface area contributed by atoms with Crippen LogP contribution in [-0.4, -0.2) is 59.5 Å². The van der Waals surface area contributed by atoms with Crippen molar-refractivity contribution >= 4 is 17.9 Å². The van der Waals surface area contributed by atoms with Crippen molar-refractivity contribution < 1.29 is 23.9 Å². The van der Waals surface area contributed by atoms with Crippen LogP contribution in [0.25, 0.3) is 5.82 Å². The van der Waals surface area contributed by atoms with Crippen LogP contribution >= 0.6 is 0 Å². The summed E-state index contributed by atoms with van der Waals surface area (Å²) in [5.41, 5.74) is 0.847. The van der Waals surface area contributed by atoms with E-state index in [2.05, 4.69) is 20.7 Å². The number of nitrogens with one attached hydrogen (secondary N) is 2. The standard InChI is InChI=1S/C18H23N5O5/c1-12(2)16-13(10-21-23(16)14-6-4-5-7-19-14)17(25)28-11-15(24)22-18(26)20-8-9-27-3/h4-7,10,12H,8-9,11H2,1-3H3,(H2,20,22,24,26). The van der Waals surface area contributed by atoms with E-state index < -0.39 is 24.5 Å². The van der Waals surface area contributed by atoms with Crippen molar-refractivity contribution in [2.24, 2.45) is 0 Å². The minimum absolute atomic E-state index is 0.0487. The lowest BCUT2D eigenvalue weighted by Crippen LogP contribution is -2.42. The maximum atomic E-state index is 12.4. The number of imide groups is 1. The highest BCUT2D eigenvalue weighted by molar-refractivity contribution is 5.97. The number of carbonyl (C=O) groups is 3. The Kier molecular flexibility index (Phi) is 7.64. The highest BCUT2D eigenvalue weighted by atomic mass is 16.5. The summed E-state index contributed by atoms with van der Waals surface area (Å²) in [5, 5.41) is 8.71. The Labute approximate surface area is 162 Å². The van der Waals surface area contributed by atoms with Gasteiger partial charge in [-0.15, -0.1) is 0 Å². The second kappa shape index (κ2) is 10.2. The molecule has 3 amide bonds. The highest BCUT2D eigenvalue weighted by Crippen LogP contribution is 2.22. The summed E-state index contributed by atoms with van der Waals surface area (Å²) in [6, 6.07) is 4.67. The molecule has 0 aliphatic rings. The van der Waals surface area contributed by atoms with Gasteiger partial charge >= 0.3 is 12.0 Å². The summed E-state index contributed by atoms with van der Waals surface area (Å²) in [6.45, 7) is 3.78. The largest absolute Gasteiger partial charge is 0.452 e. The Morgan fingerprint density at radius 2 is 2.04 bits per heavy atom. The number of hydrogen-bond acceptors (Lipinski definition) is 7. The van der Waals surface area contributed by atoms with Gasteiger partial charge in [0, 0.05) is 19.9 Å². The zero-order chi connectivity index (χ0) is 20.5. The Morgan fingerprint density at radius 3 is 2.68 bits per heavy atom. The maximum Gasteiger partial charge on any atom is 0.342 e. The monoisotopic (exact) mass is 389 g/mol. The number of aromatic nitrogens is 3. The first-order chi connectivity index (χ1) is 13.4. The van der Waals surface area contributed by atoms with Gasteiger partial charge in [0.1, 0.15) is 5.56 Å². The quantitative estimate of drug-likeness (QED) is 0.510. The average molecular weight is 389 g/mol. The van der Waals surface area contributed by atoms with E-state index in [9.17, 15) is 14.4 Å². The van der Waals surface area contributed by atoms with E-state index >= 15 is 0 Å². The molecule has 0 unspecified atom stereocenters. The third-order valence-corrected chi connectivity index (χ3v) is 3.62. The summed E-state index contributed by atoms with van der Waals surface area (Å²) in [4.78, 5) is 39.9. The SMILES string of the molecule is COCCNC(=O)NC(=O)COC(=O)c1cnn(-c2ccccn2)c1C(C)C. The summed E-state index contributed by atoms with van der Waals surface area (Å²) in [5.74, 6) is -0.935. The van der Waals surface area contributed by atoms with Crippen LogP contribution in [0.4, 0.5) is 4.79 Å². The number of rotatable bonds is 8. The molecule has 0 aromatic carbocycles. The summed E-state index contributed by atoms with van der Waals surface area (Å²) < 4.78 is 11.4. The molecule has 28 heavy (non-hydrogen) atoms. The van der Waals surface area contributed by atoms with Gasteiger partial charge in [-0.2, -0.15) is 5.10 Å². The Balaban J connectivity index is 2.00. The minimum atomic E-state index is -0.744. The summed E-state index contributed by atoms with van der Waals surface area (Å²) >= 11 is 0. The molecule has 150 valence electrons. The van der Waals surface area contributed by atoms with Crippen molar-refractivity contribution in [1.29, 1.82) is 0 Å². The van der Waals surface area contributed by atoms with Crippen LogP contribution in [0.3, 0.4) is 0 Å². The number of nitrogens with zero attached hydrogens (tertiary/aromatic N) is 3. The van der Waals surface area contributed by atoms with Gasteiger partial charge in [-0.05, 0) is 18.1 Å². The van der Waals surface area contributed by atoms with Crippen LogP contribution in [0.15, 0.2) is 30.6 Å². The van der Waals surface area contributed by atoms with Crippen molar-refractivity contribution in [1.82, 2.24) is 25.4 Å². The third kappa shape index (κ3) is 5.61. The van der Waals surface area contributed by atoms with E-state index in [-0.39, 0.29) is 18.0 Å². The second-order valence-electron chi connectivity index (χ2n) is 6.07. The molecule has 2 N–H and O–H groups in total. The molecule has 2 aromatic heterocycles. The van der Waals surface area contributed by atoms with Gasteiger partial charge in [0.2, 0.25) is 0 Å². The molecule has 0 saturated heterocycles. The maximum absolute atomic E-state index is 12.4. The van der Waals surface area contributed by atoms with E-state index in [1.807, 2.05) is 19.9 Å². The normalized spacial score (nSPS) is 10.6. The fraction of sp³-hybridized carbons (Fsp3) is 0.389. The lowest BCUT2D eigenvalue weighted by Gasteiger charge is -2.12. The Hall–Kier alpha value is -3.27. The first-order valence-corrected chi connectivity index (χ1v) is 8.67. The molecular formula is C18H23N5O5. The van der Waals surface area contributed by atoms with Crippen LogP contribution < -0.4 is 10.6 Å². The molecule has 0 radical (unpaired) electrons. The van der Waals surface area contributed by atoms with Crippen molar-refractivity contribution in [3.63, 3.8) is 0 Å². The van der Waals surface area contributed by atoms with Gasteiger partial charge in [0.05, 0.1) is 18.5 Å². The first-order valence-electron chi connectivity index (χ1n) is 8.67. The number of pyridine rings is 1. The topological polar surface area (TPSA) is 124 Å². The number of amides is 3. The van der Waals surface area contributed by atoms with Crippen LogP contribution in [0.1, 0.15) is 35.8 Å². The van der Waals surface area contributed by atoms with Crippen molar-refractivity contribution in [2.45, 2.75) is 19.8 Å². The minimum Gasteiger partial charge on any atom is -0.452 e. The molecule has 2 heterocycles. The fourth-order valence-electron chi connectivity index (χ4n) is 2.41. The average Bonchev–Trinajstić information content (AvgIpc) is 3.12. The van der Waals surface area contributed by atoms with Gasteiger partial charge in [-0.1, -0.05) is 19.9 Å². The smallest absolute Gasteiger partial charge is 0.342 e. The number of methoxy groups -OCH3 is 1. The molecule has 10 nitrogen and oxygen atoms in total. The molecule has 0 saturated carbocycles. The number of urea groups is 1. The van der Waals surface area contributed by atoms with Crippen LogP contribution in [0.2, 0.25) is 0 Å². The third-order valence-electron chi connectivity index (χ3n) is 3.62. The van der Waals surface area contributed by atoms with Crippen LogP contribution in [-0.2, 0) is 14.3 Å². The number of ether oxygens (including phenoxy) is 2. The van der Waals surface area contributed by atoms with Gasteiger partial charge < -0.3 is 14.8 Å². The molecule has 0 bridgehead atoms. The predicted molar refractivity (Wildman–Crippen MR) is 99.1 cm³/mol. The Morgan fingerprint density at radius 1 is 1.25 bits per heavy atom. The molecule has 10 heteroatoms. The van der Waals surface area contributed by atoms with Crippen molar-refractivity contribution in [3.8, 4) is 5.82 Å². The summed E-state index contributed by atoms with van der Waals surface area (Å²) in [7, 11) is 1.49. The molecule has 2 rings (SSSR count). The lowest BCUT2D eigenvalue weighted by molar-refractivity contribution is -0.123. The van der Waals surface area contributed by atoms with E-state index in [4.69, 9.17) is 9.47 Å². The van der Waals surface area contributed by atoms with Gasteiger partial charge in [0.15, 0.2) is 12.4 Å². The van der Waals surface area contributed by atoms with Crippen molar-refractivity contribution in [2.75, 3.05) is 26.9 Å². The molecule has 2 aromatic rings. The molecule has 0 fully saturated rings. The predicted octanol–water partition coefficient (Wildman–Crippen LogP) is 1.02. The molecular weight excluding hydrogens is 366 g/mol. The molecule has 0 spiro atoms. The molecule has 0 aliphatic heterocycles. The highest BCUT2D eigenvalue weighted by Gasteiger charge is 2.23. The Bertz CT molecular complexity index is 819. The van der Waals surface area contributed by atoms with E-state index in [0.717, 1.165) is 0 Å². The second-order valence-corrected chi connectivity index (χ2v) is 6.07. The number of hydrogen-bond donors (Lipinski definition) is 2. The van der Waals surface area contributed by atoms with Gasteiger partial charge in [-0.25, -0.2) is 19.3 Å². The molecule has 0 aliphatic carbocycles. The first kappa shape index (κ1) is 21.0. The summed E-state index contributed by atoms with van der Waals surface area (Å²) in [6.07, 6.45) is 3.00.